The van der Waals surface area contributed by atoms with Crippen molar-refractivity contribution in [3.8, 4) is 5.69 Å². The number of aromatic nitrogens is 2. The molecule has 2 aromatic heterocycles. The lowest BCUT2D eigenvalue weighted by molar-refractivity contribution is 1.09. The first-order valence-corrected chi connectivity index (χ1v) is 4.92. The molecule has 0 aliphatic carbocycles. The van der Waals surface area contributed by atoms with Gasteiger partial charge < -0.3 is 4.57 Å². The van der Waals surface area contributed by atoms with Gasteiger partial charge in [-0.25, -0.2) is 0 Å². The van der Waals surface area contributed by atoms with E-state index in [1.165, 1.54) is 11.1 Å². The van der Waals surface area contributed by atoms with Gasteiger partial charge >= 0.3 is 0 Å². The normalized spacial score (nSPS) is 10.7. The highest BCUT2D eigenvalue weighted by molar-refractivity contribution is 5.86. The highest BCUT2D eigenvalue weighted by atomic mass is 14.9. The van der Waals surface area contributed by atoms with Gasteiger partial charge in [0.1, 0.15) is 0 Å². The molecule has 3 rings (SSSR count). The molecule has 0 spiro atoms. The van der Waals surface area contributed by atoms with Crippen LogP contribution in [0.2, 0.25) is 0 Å². The summed E-state index contributed by atoms with van der Waals surface area (Å²) in [6.07, 6.45) is 5.91. The second kappa shape index (κ2) is 3.24. The summed E-state index contributed by atoms with van der Waals surface area (Å²) in [5.41, 5.74) is 2.20. The van der Waals surface area contributed by atoms with Crippen molar-refractivity contribution in [2.45, 2.75) is 0 Å². The van der Waals surface area contributed by atoms with Crippen molar-refractivity contribution >= 4 is 10.9 Å². The predicted molar refractivity (Wildman–Crippen MR) is 61.1 cm³/mol. The summed E-state index contributed by atoms with van der Waals surface area (Å²) in [5.74, 6) is 0. The zero-order valence-corrected chi connectivity index (χ0v) is 8.17. The maximum atomic E-state index is 4.34. The summed E-state index contributed by atoms with van der Waals surface area (Å²) >= 11 is 0. The minimum absolute atomic E-state index is 1.03. The van der Waals surface area contributed by atoms with Crippen molar-refractivity contribution < 1.29 is 0 Å². The van der Waals surface area contributed by atoms with Gasteiger partial charge in [-0.05, 0) is 36.4 Å². The van der Waals surface area contributed by atoms with Crippen LogP contribution in [0.15, 0.2) is 61.1 Å². The molecule has 0 amide bonds. The Morgan fingerprint density at radius 3 is 2.60 bits per heavy atom. The third kappa shape index (κ3) is 1.31. The van der Waals surface area contributed by atoms with Crippen molar-refractivity contribution in [3.05, 3.63) is 61.1 Å². The number of pyridine rings is 1. The van der Waals surface area contributed by atoms with Crippen LogP contribution in [-0.4, -0.2) is 9.55 Å². The minimum atomic E-state index is 1.03. The lowest BCUT2D eigenvalue weighted by Crippen LogP contribution is -1.91. The average molecular weight is 194 g/mol. The van der Waals surface area contributed by atoms with Crippen molar-refractivity contribution in [3.63, 3.8) is 0 Å². The van der Waals surface area contributed by atoms with Gasteiger partial charge in [0.05, 0.1) is 11.2 Å². The van der Waals surface area contributed by atoms with Crippen LogP contribution < -0.4 is 0 Å². The molecule has 0 saturated carbocycles. The molecule has 15 heavy (non-hydrogen) atoms. The maximum absolute atomic E-state index is 4.34. The van der Waals surface area contributed by atoms with Crippen molar-refractivity contribution in [1.29, 1.82) is 0 Å². The van der Waals surface area contributed by atoms with Gasteiger partial charge in [-0.15, -0.1) is 0 Å². The fraction of sp³-hybridized carbons (Fsp3) is 0. The second-order valence-corrected chi connectivity index (χ2v) is 3.44. The van der Waals surface area contributed by atoms with Crippen LogP contribution in [0.1, 0.15) is 0 Å². The number of fused-ring (bicyclic) bond motifs is 1. The Kier molecular flexibility index (Phi) is 1.78. The molecular weight excluding hydrogens is 184 g/mol. The molecule has 0 aliphatic heterocycles. The Balaban J connectivity index is 2.36. The van der Waals surface area contributed by atoms with Crippen LogP contribution >= 0.6 is 0 Å². The van der Waals surface area contributed by atoms with Crippen LogP contribution in [-0.2, 0) is 0 Å². The summed E-state index contributed by atoms with van der Waals surface area (Å²) in [6.45, 7) is 0. The first kappa shape index (κ1) is 8.24. The van der Waals surface area contributed by atoms with E-state index in [0.717, 1.165) is 5.52 Å². The van der Waals surface area contributed by atoms with Crippen LogP contribution in [0.3, 0.4) is 0 Å². The van der Waals surface area contributed by atoms with Gasteiger partial charge in [-0.3, -0.25) is 4.98 Å². The Labute approximate surface area is 87.8 Å². The topological polar surface area (TPSA) is 17.8 Å². The van der Waals surface area contributed by atoms with Gasteiger partial charge in [-0.2, -0.15) is 0 Å². The highest BCUT2D eigenvalue weighted by Crippen LogP contribution is 2.20. The summed E-state index contributed by atoms with van der Waals surface area (Å²) in [4.78, 5) is 4.34. The Hall–Kier alpha value is -2.09. The van der Waals surface area contributed by atoms with Crippen LogP contribution in [0.4, 0.5) is 0 Å². The molecule has 2 nitrogen and oxygen atoms in total. The van der Waals surface area contributed by atoms with Crippen LogP contribution in [0.5, 0.6) is 0 Å². The first-order valence-electron chi connectivity index (χ1n) is 4.92. The molecule has 0 bridgehead atoms. The standard InChI is InChI=1S/C13H10N2/c1-2-10-15(9-1)13-7-3-6-12-11(13)5-4-8-14-12/h1-10H. The van der Waals surface area contributed by atoms with E-state index in [4.69, 9.17) is 0 Å². The first-order chi connectivity index (χ1) is 7.45. The molecule has 72 valence electrons. The molecule has 1 aromatic carbocycles. The van der Waals surface area contributed by atoms with E-state index in [1.54, 1.807) is 0 Å². The Bertz CT molecular complexity index is 577. The monoisotopic (exact) mass is 194 g/mol. The molecule has 0 unspecified atom stereocenters. The summed E-state index contributed by atoms with van der Waals surface area (Å²) in [5, 5.41) is 1.18. The SMILES string of the molecule is c1cc(-n2cccc2)c2cccnc2c1. The van der Waals surface area contributed by atoms with E-state index in [9.17, 15) is 0 Å². The predicted octanol–water partition coefficient (Wildman–Crippen LogP) is 3.03. The summed E-state index contributed by atoms with van der Waals surface area (Å²) < 4.78 is 2.10. The molecule has 0 radical (unpaired) electrons. The molecule has 0 fully saturated rings. The molecule has 0 atom stereocenters. The quantitative estimate of drug-likeness (QED) is 0.582. The van der Waals surface area contributed by atoms with Gasteiger partial charge in [0.15, 0.2) is 0 Å². The third-order valence-electron chi connectivity index (χ3n) is 2.51. The largest absolute Gasteiger partial charge is 0.323 e. The molecular formula is C13H10N2. The maximum Gasteiger partial charge on any atom is 0.0723 e. The molecule has 3 aromatic rings. The van der Waals surface area contributed by atoms with Gasteiger partial charge in [-0.1, -0.05) is 6.07 Å². The molecule has 2 heterocycles. The molecule has 0 aliphatic rings. The van der Waals surface area contributed by atoms with E-state index in [0.29, 0.717) is 0 Å². The molecule has 0 saturated heterocycles. The summed E-state index contributed by atoms with van der Waals surface area (Å²) in [7, 11) is 0. The number of hydrogen-bond acceptors (Lipinski definition) is 1. The average Bonchev–Trinajstić information content (AvgIpc) is 2.82. The van der Waals surface area contributed by atoms with Crippen molar-refractivity contribution in [2.75, 3.05) is 0 Å². The van der Waals surface area contributed by atoms with Gasteiger partial charge in [0.25, 0.3) is 0 Å². The van der Waals surface area contributed by atoms with E-state index >= 15 is 0 Å². The minimum Gasteiger partial charge on any atom is -0.323 e. The Morgan fingerprint density at radius 2 is 1.73 bits per heavy atom. The number of benzene rings is 1. The van der Waals surface area contributed by atoms with E-state index in [-0.39, 0.29) is 0 Å². The fourth-order valence-electron chi connectivity index (χ4n) is 1.81. The van der Waals surface area contributed by atoms with Gasteiger partial charge in [0.2, 0.25) is 0 Å². The van der Waals surface area contributed by atoms with E-state index < -0.39 is 0 Å². The van der Waals surface area contributed by atoms with Crippen LogP contribution in [0, 0.1) is 0 Å². The molecule has 2 heteroatoms. The van der Waals surface area contributed by atoms with E-state index in [2.05, 4.69) is 21.7 Å². The highest BCUT2D eigenvalue weighted by Gasteiger charge is 2.01. The smallest absolute Gasteiger partial charge is 0.0723 e. The van der Waals surface area contributed by atoms with Crippen LogP contribution in [0.25, 0.3) is 16.6 Å². The number of hydrogen-bond donors (Lipinski definition) is 0. The summed E-state index contributed by atoms with van der Waals surface area (Å²) in [6, 6.07) is 14.3. The number of rotatable bonds is 1. The zero-order valence-electron chi connectivity index (χ0n) is 8.17. The zero-order chi connectivity index (χ0) is 10.1. The van der Waals surface area contributed by atoms with E-state index in [1.807, 2.05) is 48.9 Å². The lowest BCUT2D eigenvalue weighted by Gasteiger charge is -2.06. The third-order valence-corrected chi connectivity index (χ3v) is 2.51. The lowest BCUT2D eigenvalue weighted by atomic mass is 10.2. The Morgan fingerprint density at radius 1 is 0.867 bits per heavy atom. The second-order valence-electron chi connectivity index (χ2n) is 3.44. The van der Waals surface area contributed by atoms with Crippen molar-refractivity contribution in [1.82, 2.24) is 9.55 Å². The number of nitrogens with zero attached hydrogens (tertiary/aromatic N) is 2. The van der Waals surface area contributed by atoms with Gasteiger partial charge in [0, 0.05) is 24.0 Å². The fourth-order valence-corrected chi connectivity index (χ4v) is 1.81. The molecule has 0 N–H and O–H groups in total. The van der Waals surface area contributed by atoms with Crippen molar-refractivity contribution in [2.24, 2.45) is 0 Å².